The zero-order valence-corrected chi connectivity index (χ0v) is 27.9. The van der Waals surface area contributed by atoms with E-state index in [1.807, 2.05) is 19.1 Å². The molecule has 0 bridgehead atoms. The number of rotatable bonds is 13. The van der Waals surface area contributed by atoms with Crippen molar-refractivity contribution in [3.63, 3.8) is 0 Å². The number of carbonyl (C=O) groups is 2. The van der Waals surface area contributed by atoms with E-state index in [0.29, 0.717) is 50.8 Å². The third-order valence-electron chi connectivity index (χ3n) is 7.43. The van der Waals surface area contributed by atoms with Crippen molar-refractivity contribution < 1.29 is 33.6 Å². The monoisotopic (exact) mass is 661 g/mol. The summed E-state index contributed by atoms with van der Waals surface area (Å²) < 4.78 is 23.0. The normalized spacial score (nSPS) is 15.7. The molecule has 46 heavy (non-hydrogen) atoms. The van der Waals surface area contributed by atoms with Crippen LogP contribution in [-0.2, 0) is 15.3 Å². The topological polar surface area (TPSA) is 120 Å². The Balaban J connectivity index is 1.57. The summed E-state index contributed by atoms with van der Waals surface area (Å²) >= 11 is 2.67. The number of amides is 1. The Morgan fingerprint density at radius 1 is 0.957 bits per heavy atom. The number of Topliss-reactive ketones (excluding diaryl/α,β-unsaturated/α-hetero) is 1. The van der Waals surface area contributed by atoms with E-state index in [2.05, 4.69) is 29.3 Å². The van der Waals surface area contributed by atoms with Crippen LogP contribution in [0.2, 0.25) is 0 Å². The van der Waals surface area contributed by atoms with Crippen molar-refractivity contribution in [2.45, 2.75) is 42.8 Å². The summed E-state index contributed by atoms with van der Waals surface area (Å²) in [5.41, 5.74) is 2.98. The minimum absolute atomic E-state index is 0.108. The van der Waals surface area contributed by atoms with Gasteiger partial charge >= 0.3 is 5.91 Å². The first-order valence-electron chi connectivity index (χ1n) is 14.7. The van der Waals surface area contributed by atoms with E-state index in [9.17, 15) is 14.7 Å². The number of unbranched alkanes of at least 4 members (excludes halogenated alkanes) is 1. The Kier molecular flexibility index (Phi) is 10.5. The Morgan fingerprint density at radius 2 is 1.63 bits per heavy atom. The van der Waals surface area contributed by atoms with Gasteiger partial charge in [0.2, 0.25) is 10.9 Å². The van der Waals surface area contributed by atoms with Crippen LogP contribution in [-0.4, -0.2) is 54.9 Å². The molecule has 0 unspecified atom stereocenters. The molecule has 10 nitrogen and oxygen atoms in total. The van der Waals surface area contributed by atoms with E-state index in [0.717, 1.165) is 18.4 Å². The third kappa shape index (κ3) is 6.82. The molecule has 0 aliphatic carbocycles. The third-order valence-corrected chi connectivity index (χ3v) is 9.55. The largest absolute Gasteiger partial charge is 0.507 e. The van der Waals surface area contributed by atoms with Crippen LogP contribution in [0, 0.1) is 6.92 Å². The van der Waals surface area contributed by atoms with Crippen molar-refractivity contribution in [3.8, 4) is 23.0 Å². The van der Waals surface area contributed by atoms with Gasteiger partial charge in [-0.2, -0.15) is 0 Å². The Morgan fingerprint density at radius 3 is 2.24 bits per heavy atom. The van der Waals surface area contributed by atoms with Crippen LogP contribution in [0.3, 0.4) is 0 Å². The molecule has 0 radical (unpaired) electrons. The van der Waals surface area contributed by atoms with Crippen LogP contribution in [0.25, 0.3) is 5.76 Å². The number of hydrogen-bond donors (Lipinski definition) is 1. The van der Waals surface area contributed by atoms with Crippen LogP contribution >= 0.6 is 23.1 Å². The standard InChI is InChI=1S/C34H35N3O7S2/c1-6-7-16-44-24-14-12-22(13-15-24)29(38)27-28(23-17-25(41-3)31(43-5)26(18-23)42-4)37(32(40)30(27)39)33-35-36-34(46-33)45-19-21-10-8-20(2)9-11-21/h8-15,17-18,28,38H,6-7,16,19H2,1-5H3/t28-/m0/s1. The summed E-state index contributed by atoms with van der Waals surface area (Å²) in [7, 11) is 4.44. The number of aliphatic hydroxyl groups excluding tert-OH is 1. The van der Waals surface area contributed by atoms with Crippen LogP contribution < -0.4 is 23.8 Å². The highest BCUT2D eigenvalue weighted by atomic mass is 32.2. The van der Waals surface area contributed by atoms with Gasteiger partial charge in [0.15, 0.2) is 15.8 Å². The predicted molar refractivity (Wildman–Crippen MR) is 178 cm³/mol. The summed E-state index contributed by atoms with van der Waals surface area (Å²) in [6.45, 7) is 4.68. The average Bonchev–Trinajstić information content (AvgIpc) is 3.65. The molecule has 1 saturated heterocycles. The van der Waals surface area contributed by atoms with Crippen molar-refractivity contribution in [2.75, 3.05) is 32.8 Å². The molecule has 2 heterocycles. The second kappa shape index (κ2) is 14.7. The second-order valence-electron chi connectivity index (χ2n) is 10.5. The molecular formula is C34H35N3O7S2. The number of aliphatic hydroxyl groups is 1. The van der Waals surface area contributed by atoms with Crippen LogP contribution in [0.5, 0.6) is 23.0 Å². The molecule has 0 spiro atoms. The zero-order valence-electron chi connectivity index (χ0n) is 26.2. The van der Waals surface area contributed by atoms with E-state index in [-0.39, 0.29) is 16.5 Å². The summed E-state index contributed by atoms with van der Waals surface area (Å²) in [5.74, 6) is 0.242. The van der Waals surface area contributed by atoms with Crippen molar-refractivity contribution in [1.29, 1.82) is 0 Å². The number of hydrogen-bond acceptors (Lipinski definition) is 11. The van der Waals surface area contributed by atoms with E-state index in [1.165, 1.54) is 54.9 Å². The van der Waals surface area contributed by atoms with E-state index in [1.54, 1.807) is 36.4 Å². The lowest BCUT2D eigenvalue weighted by molar-refractivity contribution is -0.132. The number of ketones is 1. The molecule has 240 valence electrons. The van der Waals surface area contributed by atoms with Crippen molar-refractivity contribution >= 4 is 45.7 Å². The van der Waals surface area contributed by atoms with Gasteiger partial charge in [-0.1, -0.05) is 66.3 Å². The molecule has 5 rings (SSSR count). The molecule has 1 aliphatic rings. The maximum absolute atomic E-state index is 13.7. The summed E-state index contributed by atoms with van der Waals surface area (Å²) in [6.07, 6.45) is 1.92. The van der Waals surface area contributed by atoms with Gasteiger partial charge in [-0.05, 0) is 60.9 Å². The molecule has 1 fully saturated rings. The van der Waals surface area contributed by atoms with Gasteiger partial charge in [-0.3, -0.25) is 14.5 Å². The van der Waals surface area contributed by atoms with Gasteiger partial charge in [0.05, 0.1) is 39.6 Å². The number of aromatic nitrogens is 2. The van der Waals surface area contributed by atoms with Crippen LogP contribution in [0.4, 0.5) is 5.13 Å². The van der Waals surface area contributed by atoms with Gasteiger partial charge in [-0.25, -0.2) is 0 Å². The summed E-state index contributed by atoms with van der Waals surface area (Å²) in [5, 5.41) is 20.4. The molecule has 1 N–H and O–H groups in total. The van der Waals surface area contributed by atoms with Crippen LogP contribution in [0.1, 0.15) is 48.1 Å². The summed E-state index contributed by atoms with van der Waals surface area (Å²) in [6, 6.07) is 17.2. The number of benzene rings is 3. The highest BCUT2D eigenvalue weighted by Crippen LogP contribution is 2.48. The zero-order chi connectivity index (χ0) is 32.8. The lowest BCUT2D eigenvalue weighted by Crippen LogP contribution is -2.29. The first kappa shape index (κ1) is 32.8. The van der Waals surface area contributed by atoms with Gasteiger partial charge in [-0.15, -0.1) is 10.2 Å². The molecule has 0 saturated carbocycles. The van der Waals surface area contributed by atoms with Crippen molar-refractivity contribution in [2.24, 2.45) is 0 Å². The molecule has 3 aromatic carbocycles. The SMILES string of the molecule is CCCCOc1ccc(C(O)=C2C(=O)C(=O)N(c3nnc(SCc4ccc(C)cc4)s3)[C@H]2c2cc(OC)c(OC)c(OC)c2)cc1. The molecular weight excluding hydrogens is 627 g/mol. The lowest BCUT2D eigenvalue weighted by Gasteiger charge is -2.24. The smallest absolute Gasteiger partial charge is 0.301 e. The van der Waals surface area contributed by atoms with Crippen molar-refractivity contribution in [3.05, 3.63) is 88.5 Å². The predicted octanol–water partition coefficient (Wildman–Crippen LogP) is 6.97. The fourth-order valence-electron chi connectivity index (χ4n) is 4.99. The number of nitrogens with zero attached hydrogens (tertiary/aromatic N) is 3. The molecule has 1 aromatic heterocycles. The number of anilines is 1. The number of carbonyl (C=O) groups excluding carboxylic acids is 2. The van der Waals surface area contributed by atoms with Crippen LogP contribution in [0.15, 0.2) is 70.6 Å². The summed E-state index contributed by atoms with van der Waals surface area (Å²) in [4.78, 5) is 28.7. The quantitative estimate of drug-likeness (QED) is 0.0402. The lowest BCUT2D eigenvalue weighted by atomic mass is 9.94. The van der Waals surface area contributed by atoms with E-state index in [4.69, 9.17) is 18.9 Å². The Hall–Kier alpha value is -4.55. The van der Waals surface area contributed by atoms with Crippen molar-refractivity contribution in [1.82, 2.24) is 10.2 Å². The van der Waals surface area contributed by atoms with Gasteiger partial charge < -0.3 is 24.1 Å². The van der Waals surface area contributed by atoms with E-state index < -0.39 is 17.7 Å². The molecule has 4 aromatic rings. The second-order valence-corrected chi connectivity index (χ2v) is 12.7. The number of aryl methyl sites for hydroxylation is 1. The Bertz CT molecular complexity index is 1710. The first-order valence-corrected chi connectivity index (χ1v) is 16.5. The molecule has 12 heteroatoms. The minimum Gasteiger partial charge on any atom is -0.507 e. The maximum atomic E-state index is 13.7. The van der Waals surface area contributed by atoms with Gasteiger partial charge in [0.25, 0.3) is 5.78 Å². The fourth-order valence-corrected chi connectivity index (χ4v) is 6.81. The molecule has 1 aliphatic heterocycles. The fraction of sp³-hybridized carbons (Fsp3) is 0.294. The highest BCUT2D eigenvalue weighted by Gasteiger charge is 2.49. The Labute approximate surface area is 276 Å². The molecule has 1 atom stereocenters. The number of thioether (sulfide) groups is 1. The minimum atomic E-state index is -1.07. The van der Waals surface area contributed by atoms with Gasteiger partial charge in [0, 0.05) is 11.3 Å². The average molecular weight is 662 g/mol. The maximum Gasteiger partial charge on any atom is 0.301 e. The highest BCUT2D eigenvalue weighted by molar-refractivity contribution is 8.00. The first-order chi connectivity index (χ1) is 22.3. The number of ether oxygens (including phenoxy) is 4. The molecule has 1 amide bonds. The number of methoxy groups -OCH3 is 3. The van der Waals surface area contributed by atoms with E-state index >= 15 is 0 Å². The van der Waals surface area contributed by atoms with Gasteiger partial charge in [0.1, 0.15) is 11.5 Å².